The van der Waals surface area contributed by atoms with Crippen molar-refractivity contribution in [3.8, 4) is 0 Å². The summed E-state index contributed by atoms with van der Waals surface area (Å²) in [5.74, 6) is 4.23. The molecule has 1 N–H and O–H groups in total. The summed E-state index contributed by atoms with van der Waals surface area (Å²) in [5, 5.41) is 3.95. The number of hydrogen-bond acceptors (Lipinski definition) is 1. The number of rotatable bonds is 6. The molecule has 3 rings (SSSR count). The summed E-state index contributed by atoms with van der Waals surface area (Å²) in [5.41, 5.74) is 0.609. The quantitative estimate of drug-likeness (QED) is 0.691. The van der Waals surface area contributed by atoms with Crippen LogP contribution in [0.15, 0.2) is 0 Å². The summed E-state index contributed by atoms with van der Waals surface area (Å²) in [4.78, 5) is 0. The van der Waals surface area contributed by atoms with Crippen LogP contribution in [-0.4, -0.2) is 12.6 Å². The highest BCUT2D eigenvalue weighted by Gasteiger charge is 2.41. The van der Waals surface area contributed by atoms with Gasteiger partial charge in [-0.15, -0.1) is 0 Å². The predicted octanol–water partition coefficient (Wildman–Crippen LogP) is 5.40. The Morgan fingerprint density at radius 2 is 1.81 bits per heavy atom. The highest BCUT2D eigenvalue weighted by molar-refractivity contribution is 4.94. The average molecular weight is 292 g/mol. The summed E-state index contributed by atoms with van der Waals surface area (Å²) in [6.45, 7) is 8.47. The Kier molecular flexibility index (Phi) is 4.98. The van der Waals surface area contributed by atoms with Crippen LogP contribution in [0.4, 0.5) is 0 Å². The van der Waals surface area contributed by atoms with Gasteiger partial charge < -0.3 is 5.32 Å². The van der Waals surface area contributed by atoms with E-state index in [-0.39, 0.29) is 0 Å². The van der Waals surface area contributed by atoms with Gasteiger partial charge in [-0.1, -0.05) is 27.2 Å². The number of fused-ring (bicyclic) bond motifs is 2. The second-order valence-corrected chi connectivity index (χ2v) is 9.23. The lowest BCUT2D eigenvalue weighted by atomic mass is 9.69. The van der Waals surface area contributed by atoms with E-state index in [4.69, 9.17) is 0 Å². The first-order valence-electron chi connectivity index (χ1n) is 9.81. The lowest BCUT2D eigenvalue weighted by Crippen LogP contribution is -2.41. The van der Waals surface area contributed by atoms with Crippen LogP contribution in [0.1, 0.15) is 85.0 Å². The summed E-state index contributed by atoms with van der Waals surface area (Å²) < 4.78 is 0. The van der Waals surface area contributed by atoms with E-state index >= 15 is 0 Å². The third-order valence-electron chi connectivity index (χ3n) is 7.05. The Bertz CT molecular complexity index is 325. The van der Waals surface area contributed by atoms with Crippen LogP contribution in [0, 0.1) is 29.1 Å². The van der Waals surface area contributed by atoms with Crippen molar-refractivity contribution in [1.82, 2.24) is 5.32 Å². The van der Waals surface area contributed by atoms with E-state index in [1.807, 2.05) is 0 Å². The standard InChI is InChI=1S/C20H37N/c1-4-11-21-19(16-7-9-20(2,3)10-8-16)14-18-13-15-5-6-17(18)12-15/h15-19,21H,4-14H2,1-3H3. The van der Waals surface area contributed by atoms with Gasteiger partial charge in [0.15, 0.2) is 0 Å². The summed E-state index contributed by atoms with van der Waals surface area (Å²) >= 11 is 0. The van der Waals surface area contributed by atoms with Gasteiger partial charge >= 0.3 is 0 Å². The Hall–Kier alpha value is -0.0400. The number of nitrogens with one attached hydrogen (secondary N) is 1. The zero-order valence-electron chi connectivity index (χ0n) is 14.7. The van der Waals surface area contributed by atoms with Gasteiger partial charge in [-0.05, 0) is 93.4 Å². The third-order valence-corrected chi connectivity index (χ3v) is 7.05. The van der Waals surface area contributed by atoms with Gasteiger partial charge in [0.2, 0.25) is 0 Å². The van der Waals surface area contributed by atoms with E-state index in [9.17, 15) is 0 Å². The first kappa shape index (κ1) is 15.8. The molecular weight excluding hydrogens is 254 g/mol. The molecule has 4 unspecified atom stereocenters. The van der Waals surface area contributed by atoms with Gasteiger partial charge in [0.25, 0.3) is 0 Å². The Labute approximate surface area is 132 Å². The van der Waals surface area contributed by atoms with Crippen molar-refractivity contribution in [2.24, 2.45) is 29.1 Å². The van der Waals surface area contributed by atoms with E-state index in [2.05, 4.69) is 26.1 Å². The summed E-state index contributed by atoms with van der Waals surface area (Å²) in [6, 6.07) is 0.824. The molecule has 0 spiro atoms. The zero-order chi connectivity index (χ0) is 14.9. The zero-order valence-corrected chi connectivity index (χ0v) is 14.7. The van der Waals surface area contributed by atoms with Crippen LogP contribution in [-0.2, 0) is 0 Å². The van der Waals surface area contributed by atoms with Gasteiger partial charge in [-0.25, -0.2) is 0 Å². The van der Waals surface area contributed by atoms with Gasteiger partial charge in [0.05, 0.1) is 0 Å². The van der Waals surface area contributed by atoms with Crippen LogP contribution in [0.5, 0.6) is 0 Å². The minimum Gasteiger partial charge on any atom is -0.314 e. The molecule has 1 heteroatoms. The van der Waals surface area contributed by atoms with E-state index < -0.39 is 0 Å². The van der Waals surface area contributed by atoms with Crippen molar-refractivity contribution in [2.45, 2.75) is 91.0 Å². The van der Waals surface area contributed by atoms with Crippen LogP contribution >= 0.6 is 0 Å². The second-order valence-electron chi connectivity index (χ2n) is 9.23. The first-order chi connectivity index (χ1) is 10.1. The topological polar surface area (TPSA) is 12.0 Å². The minimum absolute atomic E-state index is 0.609. The monoisotopic (exact) mass is 291 g/mol. The lowest BCUT2D eigenvalue weighted by Gasteiger charge is -2.40. The fourth-order valence-electron chi connectivity index (χ4n) is 5.59. The molecule has 3 aliphatic carbocycles. The van der Waals surface area contributed by atoms with Crippen LogP contribution in [0.25, 0.3) is 0 Å². The third kappa shape index (κ3) is 3.84. The predicted molar refractivity (Wildman–Crippen MR) is 91.4 cm³/mol. The number of hydrogen-bond donors (Lipinski definition) is 1. The van der Waals surface area contributed by atoms with Crippen LogP contribution in [0.3, 0.4) is 0 Å². The molecule has 0 aliphatic heterocycles. The summed E-state index contributed by atoms with van der Waals surface area (Å²) in [6.07, 6.45) is 14.8. The Morgan fingerprint density at radius 1 is 1.05 bits per heavy atom. The maximum Gasteiger partial charge on any atom is 0.00980 e. The minimum atomic E-state index is 0.609. The van der Waals surface area contributed by atoms with Crippen molar-refractivity contribution in [2.75, 3.05) is 6.54 Å². The van der Waals surface area contributed by atoms with E-state index in [0.29, 0.717) is 5.41 Å². The fourth-order valence-corrected chi connectivity index (χ4v) is 5.59. The molecule has 0 aromatic rings. The molecule has 122 valence electrons. The van der Waals surface area contributed by atoms with E-state index in [1.54, 1.807) is 25.7 Å². The molecule has 2 bridgehead atoms. The molecule has 0 heterocycles. The molecule has 4 atom stereocenters. The van der Waals surface area contributed by atoms with Gasteiger partial charge in [0, 0.05) is 6.04 Å². The van der Waals surface area contributed by atoms with Gasteiger partial charge in [0.1, 0.15) is 0 Å². The lowest BCUT2D eigenvalue weighted by molar-refractivity contribution is 0.141. The second kappa shape index (κ2) is 6.60. The molecule has 3 aliphatic rings. The SMILES string of the molecule is CCCNC(CC1CC2CCC1C2)C1CCC(C)(C)CC1. The van der Waals surface area contributed by atoms with Gasteiger partial charge in [-0.2, -0.15) is 0 Å². The first-order valence-corrected chi connectivity index (χ1v) is 9.81. The maximum atomic E-state index is 3.95. The molecule has 0 aromatic heterocycles. The summed E-state index contributed by atoms with van der Waals surface area (Å²) in [7, 11) is 0. The fraction of sp³-hybridized carbons (Fsp3) is 1.00. The Morgan fingerprint density at radius 3 is 2.38 bits per heavy atom. The molecule has 0 aromatic carbocycles. The molecule has 0 saturated heterocycles. The van der Waals surface area contributed by atoms with Gasteiger partial charge in [-0.3, -0.25) is 0 Å². The van der Waals surface area contributed by atoms with Crippen molar-refractivity contribution < 1.29 is 0 Å². The largest absolute Gasteiger partial charge is 0.314 e. The van der Waals surface area contributed by atoms with Crippen molar-refractivity contribution >= 4 is 0 Å². The molecule has 1 nitrogen and oxygen atoms in total. The van der Waals surface area contributed by atoms with Crippen molar-refractivity contribution in [1.29, 1.82) is 0 Å². The van der Waals surface area contributed by atoms with Crippen molar-refractivity contribution in [3.63, 3.8) is 0 Å². The maximum absolute atomic E-state index is 3.95. The smallest absolute Gasteiger partial charge is 0.00980 e. The molecule has 21 heavy (non-hydrogen) atoms. The molecule has 0 radical (unpaired) electrons. The molecule has 3 fully saturated rings. The molecular formula is C20H37N. The highest BCUT2D eigenvalue weighted by Crippen LogP contribution is 2.51. The molecule has 0 amide bonds. The van der Waals surface area contributed by atoms with Crippen LogP contribution in [0.2, 0.25) is 0 Å². The van der Waals surface area contributed by atoms with E-state index in [0.717, 1.165) is 29.7 Å². The molecule has 3 saturated carbocycles. The van der Waals surface area contributed by atoms with E-state index in [1.165, 1.54) is 45.1 Å². The van der Waals surface area contributed by atoms with Crippen molar-refractivity contribution in [3.05, 3.63) is 0 Å². The Balaban J connectivity index is 1.56. The normalized spacial score (nSPS) is 37.0. The highest BCUT2D eigenvalue weighted by atomic mass is 14.9. The average Bonchev–Trinajstić information content (AvgIpc) is 3.06. The van der Waals surface area contributed by atoms with Crippen LogP contribution < -0.4 is 5.32 Å².